The van der Waals surface area contributed by atoms with Crippen molar-refractivity contribution in [3.05, 3.63) is 0 Å². The van der Waals surface area contributed by atoms with Crippen LogP contribution < -0.4 is 0 Å². The van der Waals surface area contributed by atoms with Crippen LogP contribution in [-0.2, 0) is 0 Å². The Bertz CT molecular complexity index is 129. The minimum atomic E-state index is -2.91. The Morgan fingerprint density at radius 3 is 2.60 bits per heavy atom. The molecule has 1 N–H and O–H groups in total. The molecule has 0 bridgehead atoms. The molecule has 1 heterocycles. The van der Waals surface area contributed by atoms with E-state index in [4.69, 9.17) is 5.11 Å². The first kappa shape index (κ1) is 7.88. The highest BCUT2D eigenvalue weighted by Crippen LogP contribution is 2.25. The molecule has 1 unspecified atom stereocenters. The van der Waals surface area contributed by atoms with E-state index >= 15 is 0 Å². The van der Waals surface area contributed by atoms with Crippen LogP contribution in [0.3, 0.4) is 0 Å². The summed E-state index contributed by atoms with van der Waals surface area (Å²) in [6, 6.07) is 0. The van der Waals surface area contributed by atoms with Crippen LogP contribution in [0.15, 0.2) is 0 Å². The Hall–Kier alpha value is -0.220. The smallest absolute Gasteiger partial charge is 0.285 e. The molecule has 1 aliphatic heterocycles. The molecule has 0 aromatic heterocycles. The Kier molecular flexibility index (Phi) is 1.92. The summed E-state index contributed by atoms with van der Waals surface area (Å²) in [6.07, 6.45) is -1.27. The maximum Gasteiger partial charge on any atom is 0.285 e. The quantitative estimate of drug-likeness (QED) is 0.539. The Morgan fingerprint density at radius 2 is 2.20 bits per heavy atom. The van der Waals surface area contributed by atoms with Crippen LogP contribution in [0.2, 0.25) is 0 Å². The van der Waals surface area contributed by atoms with E-state index in [1.54, 1.807) is 7.05 Å². The van der Waals surface area contributed by atoms with Crippen LogP contribution in [0.1, 0.15) is 6.42 Å². The number of hydrogen-bond acceptors (Lipinski definition) is 2. The topological polar surface area (TPSA) is 23.5 Å². The van der Waals surface area contributed by atoms with E-state index in [1.807, 2.05) is 0 Å². The van der Waals surface area contributed by atoms with Gasteiger partial charge in [-0.25, -0.2) is 8.78 Å². The number of hydrogen-bond donors (Lipinski definition) is 1. The minimum absolute atomic E-state index is 0.170. The second kappa shape index (κ2) is 2.43. The van der Waals surface area contributed by atoms with Crippen LogP contribution >= 0.6 is 0 Å². The van der Waals surface area contributed by atoms with Crippen LogP contribution in [-0.4, -0.2) is 42.2 Å². The first-order valence-electron chi connectivity index (χ1n) is 3.27. The van der Waals surface area contributed by atoms with Crippen molar-refractivity contribution >= 4 is 0 Å². The zero-order valence-corrected chi connectivity index (χ0v) is 5.85. The van der Waals surface area contributed by atoms with Gasteiger partial charge >= 0.3 is 0 Å². The van der Waals surface area contributed by atoms with Crippen molar-refractivity contribution in [3.8, 4) is 0 Å². The van der Waals surface area contributed by atoms with Crippen LogP contribution in [0.4, 0.5) is 8.78 Å². The van der Waals surface area contributed by atoms with Gasteiger partial charge in [-0.3, -0.25) is 0 Å². The van der Waals surface area contributed by atoms with Gasteiger partial charge in [-0.15, -0.1) is 0 Å². The summed E-state index contributed by atoms with van der Waals surface area (Å²) in [4.78, 5) is 1.52. The van der Waals surface area contributed by atoms with Crippen molar-refractivity contribution in [2.24, 2.45) is 0 Å². The number of aliphatic hydroxyl groups excluding tert-OH is 1. The van der Waals surface area contributed by atoms with Gasteiger partial charge in [-0.2, -0.15) is 0 Å². The molecule has 0 aromatic carbocycles. The zero-order chi connectivity index (χ0) is 7.78. The molecular formula is C6H11F2NO. The van der Waals surface area contributed by atoms with Crippen molar-refractivity contribution in [2.75, 3.05) is 20.1 Å². The molecule has 60 valence electrons. The second-order valence-electron chi connectivity index (χ2n) is 2.80. The fourth-order valence-corrected chi connectivity index (χ4v) is 1.10. The number of aliphatic hydroxyl groups is 1. The van der Waals surface area contributed by atoms with E-state index < -0.39 is 12.0 Å². The summed E-state index contributed by atoms with van der Waals surface area (Å²) in [5, 5.41) is 8.78. The third-order valence-electron chi connectivity index (χ3n) is 1.75. The van der Waals surface area contributed by atoms with Crippen molar-refractivity contribution in [2.45, 2.75) is 18.4 Å². The molecule has 0 aliphatic carbocycles. The molecule has 0 saturated carbocycles. The fourth-order valence-electron chi connectivity index (χ4n) is 1.10. The lowest BCUT2D eigenvalue weighted by Crippen LogP contribution is -2.49. The summed E-state index contributed by atoms with van der Waals surface area (Å²) in [6.45, 7) is 0.227. The van der Waals surface area contributed by atoms with Crippen LogP contribution in [0.5, 0.6) is 0 Å². The van der Waals surface area contributed by atoms with E-state index in [0.717, 1.165) is 0 Å². The number of rotatable bonds is 0. The number of alkyl halides is 2. The highest BCUT2D eigenvalue weighted by Gasteiger charge is 2.42. The SMILES string of the molecule is CN1CCC(O)C(F)(F)C1. The first-order chi connectivity index (χ1) is 4.52. The molecule has 0 spiro atoms. The molecule has 1 atom stereocenters. The molecule has 10 heavy (non-hydrogen) atoms. The van der Waals surface area contributed by atoms with Gasteiger partial charge in [-0.1, -0.05) is 0 Å². The largest absolute Gasteiger partial charge is 0.387 e. The van der Waals surface area contributed by atoms with Crippen molar-refractivity contribution < 1.29 is 13.9 Å². The predicted molar refractivity (Wildman–Crippen MR) is 33.1 cm³/mol. The van der Waals surface area contributed by atoms with Crippen molar-refractivity contribution in [1.29, 1.82) is 0 Å². The average Bonchev–Trinajstić information content (AvgIpc) is 1.78. The lowest BCUT2D eigenvalue weighted by molar-refractivity contribution is -0.145. The fraction of sp³-hybridized carbons (Fsp3) is 1.00. The zero-order valence-electron chi connectivity index (χ0n) is 5.85. The van der Waals surface area contributed by atoms with Gasteiger partial charge in [0, 0.05) is 6.54 Å². The van der Waals surface area contributed by atoms with Gasteiger partial charge in [0.25, 0.3) is 5.92 Å². The molecule has 0 radical (unpaired) electrons. The minimum Gasteiger partial charge on any atom is -0.387 e. The number of halogens is 2. The Labute approximate surface area is 58.4 Å². The van der Waals surface area contributed by atoms with Gasteiger partial charge in [0.2, 0.25) is 0 Å². The highest BCUT2D eigenvalue weighted by molar-refractivity contribution is 4.84. The van der Waals surface area contributed by atoms with Gasteiger partial charge in [0.05, 0.1) is 6.54 Å². The number of nitrogens with zero attached hydrogens (tertiary/aromatic N) is 1. The van der Waals surface area contributed by atoms with Crippen molar-refractivity contribution in [3.63, 3.8) is 0 Å². The number of likely N-dealkylation sites (tertiary alicyclic amines) is 1. The molecule has 0 amide bonds. The third-order valence-corrected chi connectivity index (χ3v) is 1.75. The molecule has 1 rings (SSSR count). The van der Waals surface area contributed by atoms with Crippen LogP contribution in [0.25, 0.3) is 0 Å². The van der Waals surface area contributed by atoms with E-state index in [9.17, 15) is 8.78 Å². The van der Waals surface area contributed by atoms with Gasteiger partial charge in [0.1, 0.15) is 6.10 Å². The number of piperidine rings is 1. The maximum absolute atomic E-state index is 12.6. The van der Waals surface area contributed by atoms with Gasteiger partial charge in [0.15, 0.2) is 0 Å². The molecule has 1 aliphatic rings. The second-order valence-corrected chi connectivity index (χ2v) is 2.80. The molecule has 1 saturated heterocycles. The lowest BCUT2D eigenvalue weighted by atomic mass is 10.1. The Balaban J connectivity index is 2.55. The van der Waals surface area contributed by atoms with E-state index in [1.165, 1.54) is 4.90 Å². The molecule has 2 nitrogen and oxygen atoms in total. The van der Waals surface area contributed by atoms with E-state index in [-0.39, 0.29) is 13.0 Å². The normalized spacial score (nSPS) is 34.2. The summed E-state index contributed by atoms with van der Waals surface area (Å²) in [7, 11) is 1.62. The molecule has 1 fully saturated rings. The van der Waals surface area contributed by atoms with E-state index in [0.29, 0.717) is 6.54 Å². The third kappa shape index (κ3) is 1.44. The van der Waals surface area contributed by atoms with E-state index in [2.05, 4.69) is 0 Å². The lowest BCUT2D eigenvalue weighted by Gasteiger charge is -2.33. The standard InChI is InChI=1S/C6H11F2NO/c1-9-3-2-5(10)6(7,8)4-9/h5,10H,2-4H2,1H3. The van der Waals surface area contributed by atoms with Crippen molar-refractivity contribution in [1.82, 2.24) is 4.90 Å². The molecule has 4 heteroatoms. The summed E-state index contributed by atoms with van der Waals surface area (Å²) in [5.41, 5.74) is 0. The highest BCUT2D eigenvalue weighted by atomic mass is 19.3. The summed E-state index contributed by atoms with van der Waals surface area (Å²) < 4.78 is 25.1. The first-order valence-corrected chi connectivity index (χ1v) is 3.27. The van der Waals surface area contributed by atoms with Gasteiger partial charge in [-0.05, 0) is 13.5 Å². The Morgan fingerprint density at radius 1 is 1.60 bits per heavy atom. The maximum atomic E-state index is 12.6. The monoisotopic (exact) mass is 151 g/mol. The molecule has 0 aromatic rings. The average molecular weight is 151 g/mol. The summed E-state index contributed by atoms with van der Waals surface area (Å²) in [5.74, 6) is -2.91. The molecular weight excluding hydrogens is 140 g/mol. The van der Waals surface area contributed by atoms with Crippen LogP contribution in [0, 0.1) is 0 Å². The van der Waals surface area contributed by atoms with Gasteiger partial charge < -0.3 is 10.0 Å². The summed E-state index contributed by atoms with van der Waals surface area (Å²) >= 11 is 0. The predicted octanol–water partition coefficient (Wildman–Crippen LogP) is 0.318.